The van der Waals surface area contributed by atoms with Crippen LogP contribution >= 0.6 is 0 Å². The molecule has 1 aromatic carbocycles. The summed E-state index contributed by atoms with van der Waals surface area (Å²) in [5.74, 6) is -0.767. The summed E-state index contributed by atoms with van der Waals surface area (Å²) in [6, 6.07) is 9.76. The number of hydrogen-bond donors (Lipinski definition) is 1. The fourth-order valence-corrected chi connectivity index (χ4v) is 2.97. The van der Waals surface area contributed by atoms with Crippen molar-refractivity contribution in [1.82, 2.24) is 14.6 Å². The number of pyridine rings is 1. The predicted octanol–water partition coefficient (Wildman–Crippen LogP) is 1.34. The first-order valence-electron chi connectivity index (χ1n) is 7.70. The Labute approximate surface area is 146 Å². The van der Waals surface area contributed by atoms with Gasteiger partial charge < -0.3 is 5.32 Å². The van der Waals surface area contributed by atoms with E-state index in [-0.39, 0.29) is 25.5 Å². The van der Waals surface area contributed by atoms with Crippen LogP contribution in [-0.4, -0.2) is 43.0 Å². The second kappa shape index (κ2) is 8.68. The van der Waals surface area contributed by atoms with Crippen molar-refractivity contribution >= 4 is 15.9 Å². The minimum Gasteiger partial charge on any atom is -0.355 e. The van der Waals surface area contributed by atoms with Crippen LogP contribution in [0.3, 0.4) is 0 Å². The van der Waals surface area contributed by atoms with E-state index in [2.05, 4.69) is 10.3 Å². The van der Waals surface area contributed by atoms with Crippen LogP contribution in [0.25, 0.3) is 0 Å². The Morgan fingerprint density at radius 3 is 2.64 bits per heavy atom. The molecule has 134 valence electrons. The molecule has 2 aromatic rings. The topological polar surface area (TPSA) is 79.4 Å². The summed E-state index contributed by atoms with van der Waals surface area (Å²) in [5.41, 5.74) is 1.19. The molecule has 8 heteroatoms. The van der Waals surface area contributed by atoms with Gasteiger partial charge in [0.1, 0.15) is 5.82 Å². The van der Waals surface area contributed by atoms with Crippen LogP contribution in [0.15, 0.2) is 48.8 Å². The van der Waals surface area contributed by atoms with Crippen molar-refractivity contribution < 1.29 is 17.6 Å². The molecule has 0 aliphatic heterocycles. The molecule has 2 rings (SSSR count). The van der Waals surface area contributed by atoms with Crippen LogP contribution in [0.5, 0.6) is 0 Å². The van der Waals surface area contributed by atoms with E-state index in [0.29, 0.717) is 17.5 Å². The Hall–Kier alpha value is -2.32. The Morgan fingerprint density at radius 2 is 2.00 bits per heavy atom. The van der Waals surface area contributed by atoms with Crippen molar-refractivity contribution in [2.75, 3.05) is 19.3 Å². The molecule has 1 N–H and O–H groups in total. The fraction of sp³-hybridized carbons (Fsp3) is 0.294. The third kappa shape index (κ3) is 6.24. The molecular formula is C17H20FN3O3S. The number of aromatic nitrogens is 1. The SMILES string of the molecule is CS(=O)(=O)N(CC(=O)NCCc1ccccc1F)Cc1cccnc1. The van der Waals surface area contributed by atoms with E-state index < -0.39 is 15.9 Å². The van der Waals surface area contributed by atoms with E-state index in [1.54, 1.807) is 42.7 Å². The Balaban J connectivity index is 1.90. The van der Waals surface area contributed by atoms with E-state index in [4.69, 9.17) is 0 Å². The van der Waals surface area contributed by atoms with Gasteiger partial charge in [0.05, 0.1) is 12.8 Å². The minimum absolute atomic E-state index is 0.0629. The first-order chi connectivity index (χ1) is 11.9. The average molecular weight is 365 g/mol. The van der Waals surface area contributed by atoms with Crippen molar-refractivity contribution in [3.05, 3.63) is 65.7 Å². The summed E-state index contributed by atoms with van der Waals surface area (Å²) < 4.78 is 38.4. The van der Waals surface area contributed by atoms with E-state index in [1.807, 2.05) is 0 Å². The molecule has 6 nitrogen and oxygen atoms in total. The summed E-state index contributed by atoms with van der Waals surface area (Å²) in [4.78, 5) is 16.0. The highest BCUT2D eigenvalue weighted by Gasteiger charge is 2.20. The number of amides is 1. The quantitative estimate of drug-likeness (QED) is 0.766. The van der Waals surface area contributed by atoms with Gasteiger partial charge in [0.2, 0.25) is 15.9 Å². The predicted molar refractivity (Wildman–Crippen MR) is 92.6 cm³/mol. The van der Waals surface area contributed by atoms with Crippen molar-refractivity contribution in [2.24, 2.45) is 0 Å². The molecule has 1 amide bonds. The highest BCUT2D eigenvalue weighted by Crippen LogP contribution is 2.08. The van der Waals surface area contributed by atoms with Gasteiger partial charge >= 0.3 is 0 Å². The molecule has 0 atom stereocenters. The first-order valence-corrected chi connectivity index (χ1v) is 9.55. The number of carbonyl (C=O) groups excluding carboxylic acids is 1. The fourth-order valence-electron chi connectivity index (χ4n) is 2.24. The molecule has 0 aliphatic carbocycles. The summed E-state index contributed by atoms with van der Waals surface area (Å²) in [6.07, 6.45) is 4.52. The molecule has 25 heavy (non-hydrogen) atoms. The molecule has 1 heterocycles. The number of nitrogens with zero attached hydrogens (tertiary/aromatic N) is 2. The van der Waals surface area contributed by atoms with Crippen LogP contribution in [0.4, 0.5) is 4.39 Å². The lowest BCUT2D eigenvalue weighted by Crippen LogP contribution is -2.40. The summed E-state index contributed by atoms with van der Waals surface area (Å²) in [5, 5.41) is 2.62. The summed E-state index contributed by atoms with van der Waals surface area (Å²) in [7, 11) is -3.56. The van der Waals surface area contributed by atoms with Crippen LogP contribution in [0, 0.1) is 5.82 Å². The molecule has 0 unspecified atom stereocenters. The third-order valence-corrected chi connectivity index (χ3v) is 4.74. The maximum atomic E-state index is 13.5. The maximum absolute atomic E-state index is 13.5. The van der Waals surface area contributed by atoms with Crippen LogP contribution in [0.2, 0.25) is 0 Å². The molecule has 0 bridgehead atoms. The molecule has 0 spiro atoms. The van der Waals surface area contributed by atoms with E-state index in [0.717, 1.165) is 10.6 Å². The van der Waals surface area contributed by atoms with Crippen molar-refractivity contribution in [2.45, 2.75) is 13.0 Å². The van der Waals surface area contributed by atoms with Gasteiger partial charge in [-0.05, 0) is 29.7 Å². The third-order valence-electron chi connectivity index (χ3n) is 3.55. The zero-order valence-electron chi connectivity index (χ0n) is 13.9. The van der Waals surface area contributed by atoms with Crippen molar-refractivity contribution in [3.8, 4) is 0 Å². The Morgan fingerprint density at radius 1 is 1.24 bits per heavy atom. The molecule has 0 aliphatic rings. The van der Waals surface area contributed by atoms with Gasteiger partial charge in [-0.1, -0.05) is 24.3 Å². The largest absolute Gasteiger partial charge is 0.355 e. The number of carbonyl (C=O) groups is 1. The number of rotatable bonds is 8. The zero-order chi connectivity index (χ0) is 18.3. The molecular weight excluding hydrogens is 345 g/mol. The lowest BCUT2D eigenvalue weighted by atomic mass is 10.1. The number of benzene rings is 1. The summed E-state index contributed by atoms with van der Waals surface area (Å²) >= 11 is 0. The lowest BCUT2D eigenvalue weighted by molar-refractivity contribution is -0.121. The van der Waals surface area contributed by atoms with Crippen LogP contribution < -0.4 is 5.32 Å². The van der Waals surface area contributed by atoms with Crippen molar-refractivity contribution in [1.29, 1.82) is 0 Å². The van der Waals surface area contributed by atoms with Gasteiger partial charge in [-0.3, -0.25) is 9.78 Å². The van der Waals surface area contributed by atoms with Gasteiger partial charge in [-0.15, -0.1) is 0 Å². The van der Waals surface area contributed by atoms with E-state index >= 15 is 0 Å². The summed E-state index contributed by atoms with van der Waals surface area (Å²) in [6.45, 7) is -0.0112. The van der Waals surface area contributed by atoms with Gasteiger partial charge in [0.25, 0.3) is 0 Å². The molecule has 0 saturated heterocycles. The van der Waals surface area contributed by atoms with Crippen LogP contribution in [0.1, 0.15) is 11.1 Å². The standard InChI is InChI=1S/C17H20FN3O3S/c1-25(23,24)21(12-14-5-4-9-19-11-14)13-17(22)20-10-8-15-6-2-3-7-16(15)18/h2-7,9,11H,8,10,12-13H2,1H3,(H,20,22). The highest BCUT2D eigenvalue weighted by molar-refractivity contribution is 7.88. The number of sulfonamides is 1. The second-order valence-corrected chi connectivity index (χ2v) is 7.57. The second-order valence-electron chi connectivity index (χ2n) is 5.58. The minimum atomic E-state index is -3.56. The highest BCUT2D eigenvalue weighted by atomic mass is 32.2. The Bertz CT molecular complexity index is 813. The van der Waals surface area contributed by atoms with Gasteiger partial charge in [-0.2, -0.15) is 4.31 Å². The zero-order valence-corrected chi connectivity index (χ0v) is 14.7. The van der Waals surface area contributed by atoms with Gasteiger partial charge in [0, 0.05) is 25.5 Å². The lowest BCUT2D eigenvalue weighted by Gasteiger charge is -2.19. The Kier molecular flexibility index (Phi) is 6.60. The average Bonchev–Trinajstić information content (AvgIpc) is 2.56. The molecule has 1 aromatic heterocycles. The maximum Gasteiger partial charge on any atom is 0.235 e. The normalized spacial score (nSPS) is 11.5. The number of nitrogens with one attached hydrogen (secondary N) is 1. The van der Waals surface area contributed by atoms with Crippen molar-refractivity contribution in [3.63, 3.8) is 0 Å². The number of hydrogen-bond acceptors (Lipinski definition) is 4. The van der Waals surface area contributed by atoms with Gasteiger partial charge in [-0.25, -0.2) is 12.8 Å². The van der Waals surface area contributed by atoms with Crippen LogP contribution in [-0.2, 0) is 27.8 Å². The molecule has 0 saturated carbocycles. The van der Waals surface area contributed by atoms with E-state index in [1.165, 1.54) is 6.07 Å². The number of halogens is 1. The smallest absolute Gasteiger partial charge is 0.235 e. The van der Waals surface area contributed by atoms with Gasteiger partial charge in [0.15, 0.2) is 0 Å². The monoisotopic (exact) mass is 365 g/mol. The molecule has 0 fully saturated rings. The first kappa shape index (κ1) is 19.0. The molecule has 0 radical (unpaired) electrons. The van der Waals surface area contributed by atoms with E-state index in [9.17, 15) is 17.6 Å².